The highest BCUT2D eigenvalue weighted by Crippen LogP contribution is 2.19. The SMILES string of the molecule is CN1CCN(c2ncccc2CNCc2ccc(Cl)cc2)CC1. The van der Waals surface area contributed by atoms with E-state index in [1.54, 1.807) is 0 Å². The van der Waals surface area contributed by atoms with Gasteiger partial charge < -0.3 is 15.1 Å². The Labute approximate surface area is 143 Å². The zero-order valence-electron chi connectivity index (χ0n) is 13.5. The van der Waals surface area contributed by atoms with Crippen LogP contribution in [0.2, 0.25) is 5.02 Å². The smallest absolute Gasteiger partial charge is 0.133 e. The van der Waals surface area contributed by atoms with Crippen molar-refractivity contribution in [2.45, 2.75) is 13.1 Å². The van der Waals surface area contributed by atoms with Crippen LogP contribution in [0.1, 0.15) is 11.1 Å². The van der Waals surface area contributed by atoms with Gasteiger partial charge in [-0.1, -0.05) is 29.8 Å². The van der Waals surface area contributed by atoms with Gasteiger partial charge in [-0.15, -0.1) is 0 Å². The van der Waals surface area contributed by atoms with E-state index in [0.29, 0.717) is 0 Å². The monoisotopic (exact) mass is 330 g/mol. The molecule has 122 valence electrons. The van der Waals surface area contributed by atoms with Crippen LogP contribution in [-0.4, -0.2) is 43.1 Å². The van der Waals surface area contributed by atoms with Gasteiger partial charge in [0.1, 0.15) is 5.82 Å². The van der Waals surface area contributed by atoms with Crippen molar-refractivity contribution in [1.82, 2.24) is 15.2 Å². The van der Waals surface area contributed by atoms with E-state index >= 15 is 0 Å². The zero-order chi connectivity index (χ0) is 16.1. The van der Waals surface area contributed by atoms with Gasteiger partial charge in [0.2, 0.25) is 0 Å². The second-order valence-electron chi connectivity index (χ2n) is 6.01. The van der Waals surface area contributed by atoms with E-state index in [2.05, 4.69) is 45.3 Å². The molecule has 3 rings (SSSR count). The van der Waals surface area contributed by atoms with Crippen LogP contribution in [0.5, 0.6) is 0 Å². The summed E-state index contributed by atoms with van der Waals surface area (Å²) < 4.78 is 0. The number of nitrogens with zero attached hydrogens (tertiary/aromatic N) is 3. The first-order valence-corrected chi connectivity index (χ1v) is 8.43. The minimum absolute atomic E-state index is 0.776. The molecule has 1 aliphatic rings. The summed E-state index contributed by atoms with van der Waals surface area (Å²) in [6.45, 7) is 5.91. The Morgan fingerprint density at radius 3 is 2.52 bits per heavy atom. The number of hydrogen-bond donors (Lipinski definition) is 1. The Balaban J connectivity index is 1.60. The average molecular weight is 331 g/mol. The maximum atomic E-state index is 5.92. The van der Waals surface area contributed by atoms with Gasteiger partial charge in [0.25, 0.3) is 0 Å². The number of benzene rings is 1. The third-order valence-corrected chi connectivity index (χ3v) is 4.48. The van der Waals surface area contributed by atoms with Crippen molar-refractivity contribution < 1.29 is 0 Å². The fourth-order valence-electron chi connectivity index (χ4n) is 2.82. The minimum atomic E-state index is 0.776. The van der Waals surface area contributed by atoms with Crippen molar-refractivity contribution in [2.24, 2.45) is 0 Å². The molecule has 2 heterocycles. The van der Waals surface area contributed by atoms with Crippen molar-refractivity contribution in [3.8, 4) is 0 Å². The van der Waals surface area contributed by atoms with E-state index in [9.17, 15) is 0 Å². The van der Waals surface area contributed by atoms with E-state index in [-0.39, 0.29) is 0 Å². The molecule has 1 aromatic carbocycles. The third kappa shape index (κ3) is 4.44. The van der Waals surface area contributed by atoms with Crippen LogP contribution < -0.4 is 10.2 Å². The lowest BCUT2D eigenvalue weighted by Crippen LogP contribution is -2.45. The predicted molar refractivity (Wildman–Crippen MR) is 95.9 cm³/mol. The van der Waals surface area contributed by atoms with Crippen LogP contribution in [0.15, 0.2) is 42.6 Å². The molecule has 23 heavy (non-hydrogen) atoms. The first-order valence-electron chi connectivity index (χ1n) is 8.05. The number of rotatable bonds is 5. The van der Waals surface area contributed by atoms with Gasteiger partial charge in [-0.3, -0.25) is 0 Å². The molecule has 1 aromatic heterocycles. The summed E-state index contributed by atoms with van der Waals surface area (Å²) >= 11 is 5.92. The number of likely N-dealkylation sites (N-methyl/N-ethyl adjacent to an activating group) is 1. The van der Waals surface area contributed by atoms with E-state index < -0.39 is 0 Å². The summed E-state index contributed by atoms with van der Waals surface area (Å²) in [7, 11) is 2.17. The van der Waals surface area contributed by atoms with E-state index in [4.69, 9.17) is 11.6 Å². The molecule has 1 N–H and O–H groups in total. The van der Waals surface area contributed by atoms with E-state index in [1.807, 2.05) is 24.4 Å². The Morgan fingerprint density at radius 2 is 1.78 bits per heavy atom. The quantitative estimate of drug-likeness (QED) is 0.913. The molecule has 2 aromatic rings. The Bertz CT molecular complexity index is 621. The molecule has 0 radical (unpaired) electrons. The normalized spacial score (nSPS) is 15.8. The lowest BCUT2D eigenvalue weighted by molar-refractivity contribution is 0.311. The van der Waals surface area contributed by atoms with Crippen molar-refractivity contribution >= 4 is 17.4 Å². The zero-order valence-corrected chi connectivity index (χ0v) is 14.3. The minimum Gasteiger partial charge on any atom is -0.354 e. The fraction of sp³-hybridized carbons (Fsp3) is 0.389. The van der Waals surface area contributed by atoms with Gasteiger partial charge in [-0.05, 0) is 30.8 Å². The van der Waals surface area contributed by atoms with E-state index in [1.165, 1.54) is 11.1 Å². The molecule has 0 aliphatic carbocycles. The molecule has 1 aliphatic heterocycles. The summed E-state index contributed by atoms with van der Waals surface area (Å²) in [5, 5.41) is 4.28. The Hall–Kier alpha value is -1.62. The van der Waals surface area contributed by atoms with E-state index in [0.717, 1.165) is 50.1 Å². The number of pyridine rings is 1. The number of halogens is 1. The lowest BCUT2D eigenvalue weighted by atomic mass is 10.2. The molecule has 0 unspecified atom stereocenters. The molecule has 0 amide bonds. The van der Waals surface area contributed by atoms with Crippen LogP contribution in [-0.2, 0) is 13.1 Å². The van der Waals surface area contributed by atoms with Crippen molar-refractivity contribution in [1.29, 1.82) is 0 Å². The molecule has 4 nitrogen and oxygen atoms in total. The van der Waals surface area contributed by atoms with Crippen LogP contribution in [0, 0.1) is 0 Å². The maximum Gasteiger partial charge on any atom is 0.133 e. The number of hydrogen-bond acceptors (Lipinski definition) is 4. The van der Waals surface area contributed by atoms with Crippen LogP contribution in [0.3, 0.4) is 0 Å². The number of nitrogens with one attached hydrogen (secondary N) is 1. The van der Waals surface area contributed by atoms with Crippen LogP contribution in [0.25, 0.3) is 0 Å². The van der Waals surface area contributed by atoms with Crippen LogP contribution >= 0.6 is 11.6 Å². The molecule has 0 bridgehead atoms. The number of piperazine rings is 1. The molecular formula is C18H23ClN4. The van der Waals surface area contributed by atoms with Gasteiger partial charge in [0, 0.05) is 56.1 Å². The number of aromatic nitrogens is 1. The summed E-state index contributed by atoms with van der Waals surface area (Å²) in [5.41, 5.74) is 2.49. The Morgan fingerprint density at radius 1 is 1.04 bits per heavy atom. The van der Waals surface area contributed by atoms with Gasteiger partial charge in [-0.25, -0.2) is 4.98 Å². The van der Waals surface area contributed by atoms with Gasteiger partial charge in [0.05, 0.1) is 0 Å². The third-order valence-electron chi connectivity index (χ3n) is 4.23. The standard InChI is InChI=1S/C18H23ClN4/c1-22-9-11-23(12-10-22)18-16(3-2-8-21-18)14-20-13-15-4-6-17(19)7-5-15/h2-8,20H,9-14H2,1H3. The molecule has 1 fully saturated rings. The van der Waals surface area contributed by atoms with Gasteiger partial charge >= 0.3 is 0 Å². The Kier molecular flexibility index (Phi) is 5.49. The molecule has 0 saturated carbocycles. The summed E-state index contributed by atoms with van der Waals surface area (Å²) in [6.07, 6.45) is 1.89. The molecule has 0 atom stereocenters. The van der Waals surface area contributed by atoms with Crippen molar-refractivity contribution in [2.75, 3.05) is 38.1 Å². The fourth-order valence-corrected chi connectivity index (χ4v) is 2.94. The first-order chi connectivity index (χ1) is 11.2. The first kappa shape index (κ1) is 16.2. The van der Waals surface area contributed by atoms with Crippen molar-refractivity contribution in [3.05, 3.63) is 58.7 Å². The largest absolute Gasteiger partial charge is 0.354 e. The topological polar surface area (TPSA) is 31.4 Å². The maximum absolute atomic E-state index is 5.92. The molecular weight excluding hydrogens is 308 g/mol. The summed E-state index contributed by atoms with van der Waals surface area (Å²) in [4.78, 5) is 9.36. The molecule has 5 heteroatoms. The second-order valence-corrected chi connectivity index (χ2v) is 6.44. The highest BCUT2D eigenvalue weighted by atomic mass is 35.5. The highest BCUT2D eigenvalue weighted by molar-refractivity contribution is 6.30. The average Bonchev–Trinajstić information content (AvgIpc) is 2.58. The molecule has 0 spiro atoms. The van der Waals surface area contributed by atoms with Gasteiger partial charge in [0.15, 0.2) is 0 Å². The second kappa shape index (κ2) is 7.77. The van der Waals surface area contributed by atoms with Gasteiger partial charge in [-0.2, -0.15) is 0 Å². The summed E-state index contributed by atoms with van der Waals surface area (Å²) in [5.74, 6) is 1.12. The lowest BCUT2D eigenvalue weighted by Gasteiger charge is -2.34. The molecule has 1 saturated heterocycles. The summed E-state index contributed by atoms with van der Waals surface area (Å²) in [6, 6.07) is 12.1. The van der Waals surface area contributed by atoms with Crippen LogP contribution in [0.4, 0.5) is 5.82 Å². The van der Waals surface area contributed by atoms with Crippen molar-refractivity contribution in [3.63, 3.8) is 0 Å². The predicted octanol–water partition coefficient (Wildman–Crippen LogP) is 2.78. The highest BCUT2D eigenvalue weighted by Gasteiger charge is 2.17. The number of anilines is 1.